The Hall–Kier alpha value is -1.75. The number of aryl methyl sites for hydroxylation is 1. The highest BCUT2D eigenvalue weighted by molar-refractivity contribution is 7.99. The van der Waals surface area contributed by atoms with Crippen molar-refractivity contribution in [1.29, 1.82) is 0 Å². The Bertz CT molecular complexity index is 696. The number of amides is 1. The number of nitrogens with zero attached hydrogens (tertiary/aromatic N) is 2. The molecular weight excluding hydrogens is 320 g/mol. The lowest BCUT2D eigenvalue weighted by Crippen LogP contribution is -2.42. The molecule has 1 fully saturated rings. The Kier molecular flexibility index (Phi) is 5.29. The molecule has 1 aromatic heterocycles. The Balaban J connectivity index is 1.84. The van der Waals surface area contributed by atoms with E-state index in [2.05, 4.69) is 36.2 Å². The van der Waals surface area contributed by atoms with Crippen LogP contribution in [0.5, 0.6) is 0 Å². The van der Waals surface area contributed by atoms with Gasteiger partial charge in [-0.1, -0.05) is 29.8 Å². The molecule has 0 aliphatic carbocycles. The molecule has 3 rings (SSSR count). The molecule has 0 saturated carbocycles. The van der Waals surface area contributed by atoms with Crippen LogP contribution in [0, 0.1) is 6.92 Å². The number of oxazole rings is 1. The van der Waals surface area contributed by atoms with Gasteiger partial charge in [0.05, 0.1) is 5.25 Å². The third-order valence-electron chi connectivity index (χ3n) is 4.64. The normalized spacial score (nSPS) is 19.3. The van der Waals surface area contributed by atoms with Gasteiger partial charge in [-0.25, -0.2) is 4.98 Å². The van der Waals surface area contributed by atoms with Crippen molar-refractivity contribution in [3.05, 3.63) is 42.0 Å². The molecule has 0 bridgehead atoms. The molecule has 1 saturated heterocycles. The molecule has 5 heteroatoms. The fourth-order valence-corrected chi connectivity index (χ4v) is 3.42. The molecular formula is C19H24N2O2S. The zero-order valence-corrected chi connectivity index (χ0v) is 15.3. The van der Waals surface area contributed by atoms with Gasteiger partial charge in [-0.2, -0.15) is 11.8 Å². The van der Waals surface area contributed by atoms with Gasteiger partial charge in [-0.15, -0.1) is 0 Å². The first kappa shape index (κ1) is 17.1. The second-order valence-electron chi connectivity index (χ2n) is 6.36. The highest BCUT2D eigenvalue weighted by atomic mass is 32.2. The number of hydrogen-bond acceptors (Lipinski definition) is 4. The SMILES string of the molecule is CSC(C)C(=O)N1CCCC[C@@H]1c1nc(-c2ccc(C)cc2)co1. The van der Waals surface area contributed by atoms with Gasteiger partial charge in [0.2, 0.25) is 11.8 Å². The van der Waals surface area contributed by atoms with Crippen molar-refractivity contribution in [2.24, 2.45) is 0 Å². The number of aromatic nitrogens is 1. The summed E-state index contributed by atoms with van der Waals surface area (Å²) in [6.07, 6.45) is 6.75. The first-order valence-corrected chi connectivity index (χ1v) is 9.74. The van der Waals surface area contributed by atoms with E-state index in [1.807, 2.05) is 18.1 Å². The van der Waals surface area contributed by atoms with Gasteiger partial charge in [0.25, 0.3) is 0 Å². The third-order valence-corrected chi connectivity index (χ3v) is 5.55. The molecule has 1 aromatic carbocycles. The van der Waals surface area contributed by atoms with Crippen LogP contribution < -0.4 is 0 Å². The van der Waals surface area contributed by atoms with Gasteiger partial charge in [-0.05, 0) is 39.4 Å². The Morgan fingerprint density at radius 3 is 2.79 bits per heavy atom. The van der Waals surface area contributed by atoms with Crippen LogP contribution >= 0.6 is 11.8 Å². The number of piperidine rings is 1. The quantitative estimate of drug-likeness (QED) is 0.822. The van der Waals surface area contributed by atoms with Crippen LogP contribution in [0.2, 0.25) is 0 Å². The van der Waals surface area contributed by atoms with Gasteiger partial charge in [0, 0.05) is 12.1 Å². The van der Waals surface area contributed by atoms with E-state index in [1.54, 1.807) is 18.0 Å². The van der Waals surface area contributed by atoms with Crippen molar-refractivity contribution in [3.63, 3.8) is 0 Å². The minimum absolute atomic E-state index is 0.0304. The fourth-order valence-electron chi connectivity index (χ4n) is 3.08. The molecule has 4 nitrogen and oxygen atoms in total. The number of rotatable bonds is 4. The Morgan fingerprint density at radius 1 is 1.33 bits per heavy atom. The smallest absolute Gasteiger partial charge is 0.236 e. The van der Waals surface area contributed by atoms with Crippen LogP contribution in [-0.4, -0.2) is 33.8 Å². The molecule has 0 spiro atoms. The van der Waals surface area contributed by atoms with Crippen LogP contribution in [0.1, 0.15) is 43.7 Å². The van der Waals surface area contributed by atoms with E-state index in [9.17, 15) is 4.79 Å². The molecule has 1 amide bonds. The molecule has 128 valence electrons. The molecule has 2 heterocycles. The lowest BCUT2D eigenvalue weighted by molar-refractivity contribution is -0.134. The van der Waals surface area contributed by atoms with Crippen LogP contribution in [0.25, 0.3) is 11.3 Å². The van der Waals surface area contributed by atoms with Crippen molar-refractivity contribution in [1.82, 2.24) is 9.88 Å². The van der Waals surface area contributed by atoms with Crippen molar-refractivity contribution in [2.45, 2.75) is 44.4 Å². The molecule has 2 aromatic rings. The second-order valence-corrected chi connectivity index (χ2v) is 7.54. The molecule has 1 aliphatic heterocycles. The lowest BCUT2D eigenvalue weighted by atomic mass is 10.0. The fraction of sp³-hybridized carbons (Fsp3) is 0.474. The van der Waals surface area contributed by atoms with E-state index in [0.29, 0.717) is 5.89 Å². The summed E-state index contributed by atoms with van der Waals surface area (Å²) in [5, 5.41) is -0.0304. The maximum atomic E-state index is 12.7. The van der Waals surface area contributed by atoms with Crippen LogP contribution in [0.3, 0.4) is 0 Å². The zero-order valence-electron chi connectivity index (χ0n) is 14.5. The average Bonchev–Trinajstić information content (AvgIpc) is 3.11. The van der Waals surface area contributed by atoms with Crippen LogP contribution in [0.15, 0.2) is 34.9 Å². The number of hydrogen-bond donors (Lipinski definition) is 0. The number of benzene rings is 1. The first-order valence-electron chi connectivity index (χ1n) is 8.46. The van der Waals surface area contributed by atoms with E-state index in [1.165, 1.54) is 5.56 Å². The molecule has 0 N–H and O–H groups in total. The maximum absolute atomic E-state index is 12.7. The highest BCUT2D eigenvalue weighted by Gasteiger charge is 2.33. The van der Waals surface area contributed by atoms with Crippen molar-refractivity contribution >= 4 is 17.7 Å². The summed E-state index contributed by atoms with van der Waals surface area (Å²) in [5.74, 6) is 0.842. The molecule has 1 aliphatic rings. The Morgan fingerprint density at radius 2 is 2.08 bits per heavy atom. The third kappa shape index (κ3) is 3.51. The first-order chi connectivity index (χ1) is 11.6. The highest BCUT2D eigenvalue weighted by Crippen LogP contribution is 2.33. The van der Waals surface area contributed by atoms with Crippen LogP contribution in [0.4, 0.5) is 0 Å². The summed E-state index contributed by atoms with van der Waals surface area (Å²) < 4.78 is 5.77. The minimum Gasteiger partial charge on any atom is -0.446 e. The van der Waals surface area contributed by atoms with E-state index in [0.717, 1.165) is 37.1 Å². The van der Waals surface area contributed by atoms with E-state index in [4.69, 9.17) is 4.42 Å². The minimum atomic E-state index is -0.0416. The zero-order chi connectivity index (χ0) is 17.1. The van der Waals surface area contributed by atoms with Gasteiger partial charge < -0.3 is 9.32 Å². The lowest BCUT2D eigenvalue weighted by Gasteiger charge is -2.35. The van der Waals surface area contributed by atoms with Gasteiger partial charge in [0.1, 0.15) is 18.0 Å². The Labute approximate surface area is 147 Å². The summed E-state index contributed by atoms with van der Waals surface area (Å²) in [5.41, 5.74) is 3.10. The number of likely N-dealkylation sites (tertiary alicyclic amines) is 1. The maximum Gasteiger partial charge on any atom is 0.236 e. The predicted molar refractivity (Wildman–Crippen MR) is 98.0 cm³/mol. The molecule has 2 atom stereocenters. The monoisotopic (exact) mass is 344 g/mol. The number of carbonyl (C=O) groups is 1. The number of thioether (sulfide) groups is 1. The van der Waals surface area contributed by atoms with E-state index < -0.39 is 0 Å². The van der Waals surface area contributed by atoms with E-state index in [-0.39, 0.29) is 17.2 Å². The summed E-state index contributed by atoms with van der Waals surface area (Å²) in [4.78, 5) is 19.3. The van der Waals surface area contributed by atoms with Crippen molar-refractivity contribution < 1.29 is 9.21 Å². The van der Waals surface area contributed by atoms with Crippen molar-refractivity contribution in [2.75, 3.05) is 12.8 Å². The van der Waals surface area contributed by atoms with Crippen molar-refractivity contribution in [3.8, 4) is 11.3 Å². The molecule has 0 radical (unpaired) electrons. The van der Waals surface area contributed by atoms with E-state index >= 15 is 0 Å². The largest absolute Gasteiger partial charge is 0.446 e. The van der Waals surface area contributed by atoms with Crippen LogP contribution in [-0.2, 0) is 4.79 Å². The number of carbonyl (C=O) groups excluding carboxylic acids is 1. The second kappa shape index (κ2) is 7.43. The summed E-state index contributed by atoms with van der Waals surface area (Å²) in [7, 11) is 0. The summed E-state index contributed by atoms with van der Waals surface area (Å²) in [6.45, 7) is 4.82. The van der Waals surface area contributed by atoms with Gasteiger partial charge in [-0.3, -0.25) is 4.79 Å². The predicted octanol–water partition coefficient (Wildman–Crippen LogP) is 4.46. The standard InChI is InChI=1S/C19H24N2O2S/c1-13-7-9-15(10-8-13)16-12-23-18(20-16)17-6-4-5-11-21(17)19(22)14(2)24-3/h7-10,12,14,17H,4-6,11H2,1-3H3/t14?,17-/m1/s1. The van der Waals surface area contributed by atoms with Gasteiger partial charge >= 0.3 is 0 Å². The summed E-state index contributed by atoms with van der Waals surface area (Å²) in [6, 6.07) is 8.20. The molecule has 1 unspecified atom stereocenters. The molecule has 24 heavy (non-hydrogen) atoms. The summed E-state index contributed by atoms with van der Waals surface area (Å²) >= 11 is 1.58. The average molecular weight is 344 g/mol. The topological polar surface area (TPSA) is 46.3 Å². The van der Waals surface area contributed by atoms with Gasteiger partial charge in [0.15, 0.2) is 0 Å².